The zero-order valence-electron chi connectivity index (χ0n) is 26.7. The van der Waals surface area contributed by atoms with E-state index in [1.165, 1.54) is 44.9 Å². The molecule has 236 valence electrons. The number of aliphatic hydroxyl groups is 4. The highest BCUT2D eigenvalue weighted by Gasteiger charge is 2.58. The Bertz CT molecular complexity index is 918. The lowest BCUT2D eigenvalue weighted by atomic mass is 9.47. The first-order valence-electron chi connectivity index (χ1n) is 17.1. The molecule has 0 aromatic heterocycles. The number of hydrogen-bond acceptors (Lipinski definition) is 6. The lowest BCUT2D eigenvalue weighted by Crippen LogP contribution is -2.60. The second-order valence-electron chi connectivity index (χ2n) is 15.7. The molecule has 0 spiro atoms. The number of aliphatic hydroxyl groups excluding tert-OH is 4. The zero-order chi connectivity index (χ0) is 29.7. The predicted octanol–water partition coefficient (Wildman–Crippen LogP) is 5.85. The van der Waals surface area contributed by atoms with Crippen LogP contribution in [0.15, 0.2) is 11.6 Å². The van der Waals surface area contributed by atoms with Crippen molar-refractivity contribution in [3.8, 4) is 0 Å². The molecule has 0 aromatic carbocycles. The molecule has 4 fully saturated rings. The van der Waals surface area contributed by atoms with Crippen LogP contribution in [0.4, 0.5) is 0 Å². The number of hydrogen-bond donors (Lipinski definition) is 4. The van der Waals surface area contributed by atoms with Gasteiger partial charge in [-0.25, -0.2) is 0 Å². The third-order valence-corrected chi connectivity index (χ3v) is 13.4. The van der Waals surface area contributed by atoms with E-state index in [1.807, 2.05) is 0 Å². The number of ether oxygens (including phenoxy) is 2. The van der Waals surface area contributed by atoms with Gasteiger partial charge in [-0.2, -0.15) is 0 Å². The zero-order valence-corrected chi connectivity index (χ0v) is 26.7. The predicted molar refractivity (Wildman–Crippen MR) is 161 cm³/mol. The average molecular weight is 577 g/mol. The lowest BCUT2D eigenvalue weighted by molar-refractivity contribution is -0.315. The smallest absolute Gasteiger partial charge is 0.186 e. The van der Waals surface area contributed by atoms with Crippen molar-refractivity contribution in [2.24, 2.45) is 52.3 Å². The third-order valence-electron chi connectivity index (χ3n) is 13.4. The van der Waals surface area contributed by atoms with Gasteiger partial charge in [0.1, 0.15) is 24.4 Å². The molecule has 4 N–H and O–H groups in total. The third kappa shape index (κ3) is 5.73. The van der Waals surface area contributed by atoms with Gasteiger partial charge < -0.3 is 29.9 Å². The van der Waals surface area contributed by atoms with Crippen LogP contribution in [0.1, 0.15) is 112 Å². The van der Waals surface area contributed by atoms with E-state index in [9.17, 15) is 20.4 Å². The molecule has 0 aromatic rings. The lowest BCUT2D eigenvalue weighted by Gasteiger charge is -2.58. The summed E-state index contributed by atoms with van der Waals surface area (Å²) in [6, 6.07) is 0. The van der Waals surface area contributed by atoms with E-state index in [0.29, 0.717) is 17.3 Å². The summed E-state index contributed by atoms with van der Waals surface area (Å²) >= 11 is 0. The summed E-state index contributed by atoms with van der Waals surface area (Å²) in [5, 5.41) is 40.4. The fourth-order valence-electron chi connectivity index (χ4n) is 10.6. The molecule has 1 heterocycles. The molecular formula is C35H60O6. The molecule has 14 atom stereocenters. The van der Waals surface area contributed by atoms with Crippen molar-refractivity contribution < 1.29 is 29.9 Å². The first kappa shape index (κ1) is 31.9. The van der Waals surface area contributed by atoms with Crippen molar-refractivity contribution in [1.29, 1.82) is 0 Å². The van der Waals surface area contributed by atoms with Crippen molar-refractivity contribution >= 4 is 0 Å². The van der Waals surface area contributed by atoms with Gasteiger partial charge >= 0.3 is 0 Å². The minimum absolute atomic E-state index is 0.0622. The largest absolute Gasteiger partial charge is 0.394 e. The summed E-state index contributed by atoms with van der Waals surface area (Å²) in [7, 11) is 0. The standard InChI is InChI=1S/C35H60O6/c1-7-22(20(2)3)9-8-21(4)26-12-13-27-25-11-10-23-18-24(14-16-34(23,5)28(25)15-17-35(26,27)6)40-33-32(39)31(38)30(37)29(19-36)41-33/h11,20-24,26-33,36-39H,7-10,12-19H2,1-6H3/t21-,22-,23+,24+,26-,27+,28+,29-,30-,31+,32-,33-,34+,35-/m1/s1. The van der Waals surface area contributed by atoms with Crippen LogP contribution in [0.2, 0.25) is 0 Å². The highest BCUT2D eigenvalue weighted by atomic mass is 16.7. The molecule has 6 heteroatoms. The van der Waals surface area contributed by atoms with Gasteiger partial charge in [0.05, 0.1) is 12.7 Å². The SMILES string of the molecule is CC[C@H](CC[C@@H](C)[C@H]1CC[C@H]2C3=CC[C@H]4C[C@@H](O[C@@H]5O[C@H](CO)[C@@H](O)[C@H](O)[C@H]5O)CC[C@]4(C)[C@H]3CC[C@]12C)C(C)C. The molecular weight excluding hydrogens is 516 g/mol. The molecule has 4 aliphatic carbocycles. The summed E-state index contributed by atoms with van der Waals surface area (Å²) < 4.78 is 11.9. The quantitative estimate of drug-likeness (QED) is 0.257. The fraction of sp³-hybridized carbons (Fsp3) is 0.943. The first-order chi connectivity index (χ1) is 19.4. The van der Waals surface area contributed by atoms with Gasteiger partial charge in [-0.15, -0.1) is 0 Å². The summed E-state index contributed by atoms with van der Waals surface area (Å²) in [6.45, 7) is 14.5. The monoisotopic (exact) mass is 576 g/mol. The van der Waals surface area contributed by atoms with Crippen LogP contribution < -0.4 is 0 Å². The van der Waals surface area contributed by atoms with Crippen LogP contribution in [0.5, 0.6) is 0 Å². The summed E-state index contributed by atoms with van der Waals surface area (Å²) in [6.07, 6.45) is 10.0. The molecule has 5 rings (SSSR count). The number of rotatable bonds is 9. The van der Waals surface area contributed by atoms with Gasteiger partial charge in [-0.1, -0.05) is 66.0 Å². The van der Waals surface area contributed by atoms with Crippen LogP contribution in [0, 0.1) is 52.3 Å². The first-order valence-corrected chi connectivity index (χ1v) is 17.1. The van der Waals surface area contributed by atoms with E-state index >= 15 is 0 Å². The molecule has 5 aliphatic rings. The second kappa shape index (κ2) is 12.5. The summed E-state index contributed by atoms with van der Waals surface area (Å²) in [4.78, 5) is 0. The maximum atomic E-state index is 10.5. The molecule has 0 unspecified atom stereocenters. The van der Waals surface area contributed by atoms with Gasteiger partial charge in [0.15, 0.2) is 6.29 Å². The van der Waals surface area contributed by atoms with Crippen LogP contribution >= 0.6 is 0 Å². The summed E-state index contributed by atoms with van der Waals surface area (Å²) in [5.41, 5.74) is 2.50. The topological polar surface area (TPSA) is 99.4 Å². The Morgan fingerprint density at radius 3 is 2.32 bits per heavy atom. The fourth-order valence-corrected chi connectivity index (χ4v) is 10.6. The van der Waals surface area contributed by atoms with Crippen LogP contribution in [-0.4, -0.2) is 63.8 Å². The highest BCUT2D eigenvalue weighted by molar-refractivity contribution is 5.27. The Hall–Kier alpha value is -0.500. The Balaban J connectivity index is 1.24. The minimum Gasteiger partial charge on any atom is -0.394 e. The van der Waals surface area contributed by atoms with Gasteiger partial charge in [-0.3, -0.25) is 0 Å². The Kier molecular flexibility index (Phi) is 9.71. The van der Waals surface area contributed by atoms with Crippen molar-refractivity contribution in [3.63, 3.8) is 0 Å². The van der Waals surface area contributed by atoms with E-state index in [1.54, 1.807) is 5.57 Å². The summed E-state index contributed by atoms with van der Waals surface area (Å²) in [5.74, 6) is 5.21. The van der Waals surface area contributed by atoms with E-state index in [4.69, 9.17) is 9.47 Å². The number of allylic oxidation sites excluding steroid dienone is 2. The van der Waals surface area contributed by atoms with Crippen molar-refractivity contribution in [3.05, 3.63) is 11.6 Å². The molecule has 1 saturated heterocycles. The van der Waals surface area contributed by atoms with E-state index < -0.39 is 37.3 Å². The van der Waals surface area contributed by atoms with E-state index in [0.717, 1.165) is 55.3 Å². The van der Waals surface area contributed by atoms with Gasteiger partial charge in [0.25, 0.3) is 0 Å². The Morgan fingerprint density at radius 2 is 1.63 bits per heavy atom. The molecule has 0 amide bonds. The van der Waals surface area contributed by atoms with Gasteiger partial charge in [0, 0.05) is 0 Å². The second-order valence-corrected chi connectivity index (χ2v) is 15.7. The normalized spacial score (nSPS) is 47.7. The molecule has 0 bridgehead atoms. The molecule has 41 heavy (non-hydrogen) atoms. The van der Waals surface area contributed by atoms with Gasteiger partial charge in [-0.05, 0) is 110 Å². The van der Waals surface area contributed by atoms with Crippen LogP contribution in [0.25, 0.3) is 0 Å². The van der Waals surface area contributed by atoms with E-state index in [2.05, 4.69) is 47.6 Å². The maximum absolute atomic E-state index is 10.5. The Labute approximate surface area is 249 Å². The van der Waals surface area contributed by atoms with Crippen molar-refractivity contribution in [2.75, 3.05) is 6.61 Å². The Morgan fingerprint density at radius 1 is 0.927 bits per heavy atom. The molecule has 6 nitrogen and oxygen atoms in total. The van der Waals surface area contributed by atoms with Crippen molar-refractivity contribution in [2.45, 2.75) is 149 Å². The highest BCUT2D eigenvalue weighted by Crippen LogP contribution is 2.67. The molecule has 0 radical (unpaired) electrons. The number of fused-ring (bicyclic) bond motifs is 5. The van der Waals surface area contributed by atoms with Crippen LogP contribution in [0.3, 0.4) is 0 Å². The van der Waals surface area contributed by atoms with Crippen LogP contribution in [-0.2, 0) is 9.47 Å². The van der Waals surface area contributed by atoms with Gasteiger partial charge in [0.2, 0.25) is 0 Å². The average Bonchev–Trinajstić information content (AvgIpc) is 3.30. The molecule has 1 aliphatic heterocycles. The minimum atomic E-state index is -1.39. The van der Waals surface area contributed by atoms with Crippen molar-refractivity contribution in [1.82, 2.24) is 0 Å². The molecule has 3 saturated carbocycles. The van der Waals surface area contributed by atoms with E-state index in [-0.39, 0.29) is 11.5 Å². The maximum Gasteiger partial charge on any atom is 0.186 e.